The Hall–Kier alpha value is -2.94. The maximum Gasteiger partial charge on any atom is 0.387 e. The number of hydrogen-bond donors (Lipinski definition) is 1. The summed E-state index contributed by atoms with van der Waals surface area (Å²) in [5, 5.41) is 11.6. The number of rotatable bonds is 5. The second kappa shape index (κ2) is 7.36. The lowest BCUT2D eigenvalue weighted by molar-refractivity contribution is -0.0498. The molecule has 1 amide bonds. The van der Waals surface area contributed by atoms with Gasteiger partial charge < -0.3 is 10.1 Å². The molecule has 0 heterocycles. The quantitative estimate of drug-likeness (QED) is 0.916. The van der Waals surface area contributed by atoms with Crippen LogP contribution >= 0.6 is 0 Å². The van der Waals surface area contributed by atoms with Gasteiger partial charge in [0.2, 0.25) is 0 Å². The Morgan fingerprint density at radius 1 is 1.22 bits per heavy atom. The van der Waals surface area contributed by atoms with Gasteiger partial charge in [-0.3, -0.25) is 4.79 Å². The van der Waals surface area contributed by atoms with Crippen LogP contribution in [-0.2, 0) is 0 Å². The normalized spacial score (nSPS) is 11.6. The van der Waals surface area contributed by atoms with Crippen molar-refractivity contribution < 1.29 is 18.3 Å². The third kappa shape index (κ3) is 4.51. The van der Waals surface area contributed by atoms with Crippen LogP contribution in [0.2, 0.25) is 0 Å². The second-order valence-electron chi connectivity index (χ2n) is 4.84. The van der Waals surface area contributed by atoms with Gasteiger partial charge in [0.1, 0.15) is 5.75 Å². The lowest BCUT2D eigenvalue weighted by atomic mass is 10.1. The van der Waals surface area contributed by atoms with Gasteiger partial charge in [0.15, 0.2) is 0 Å². The standard InChI is InChI=1S/C17H14F2N2O2/c1-11(13-5-7-15(8-6-13)23-17(18)19)21-16(22)14-4-2-3-12(9-14)10-20/h2-9,11,17H,1H3,(H,21,22)/t11-/m1/s1. The average Bonchev–Trinajstić information content (AvgIpc) is 2.55. The molecular weight excluding hydrogens is 302 g/mol. The SMILES string of the molecule is C[C@@H](NC(=O)c1cccc(C#N)c1)c1ccc(OC(F)F)cc1. The molecular formula is C17H14F2N2O2. The van der Waals surface area contributed by atoms with E-state index in [0.29, 0.717) is 11.1 Å². The van der Waals surface area contributed by atoms with Crippen molar-refractivity contribution in [2.75, 3.05) is 0 Å². The zero-order valence-corrected chi connectivity index (χ0v) is 12.3. The Morgan fingerprint density at radius 3 is 2.52 bits per heavy atom. The van der Waals surface area contributed by atoms with Crippen molar-refractivity contribution in [3.8, 4) is 11.8 Å². The number of nitrogens with zero attached hydrogens (tertiary/aromatic N) is 1. The third-order valence-electron chi connectivity index (χ3n) is 3.21. The Bertz CT molecular complexity index is 724. The molecule has 0 aliphatic carbocycles. The van der Waals surface area contributed by atoms with Crippen LogP contribution in [0.5, 0.6) is 5.75 Å². The molecule has 0 radical (unpaired) electrons. The minimum atomic E-state index is -2.87. The van der Waals surface area contributed by atoms with E-state index in [-0.39, 0.29) is 17.7 Å². The van der Waals surface area contributed by atoms with Gasteiger partial charge in [0.25, 0.3) is 5.91 Å². The molecule has 0 aromatic heterocycles. The largest absolute Gasteiger partial charge is 0.435 e. The lowest BCUT2D eigenvalue weighted by Crippen LogP contribution is -2.26. The van der Waals surface area contributed by atoms with E-state index in [4.69, 9.17) is 5.26 Å². The van der Waals surface area contributed by atoms with E-state index in [1.807, 2.05) is 6.07 Å². The molecule has 0 aliphatic rings. The van der Waals surface area contributed by atoms with Gasteiger partial charge in [0.05, 0.1) is 17.7 Å². The first-order chi connectivity index (χ1) is 11.0. The summed E-state index contributed by atoms with van der Waals surface area (Å²) in [4.78, 5) is 12.2. The summed E-state index contributed by atoms with van der Waals surface area (Å²) in [5.41, 5.74) is 1.53. The van der Waals surface area contributed by atoms with Gasteiger partial charge in [-0.1, -0.05) is 18.2 Å². The molecule has 0 spiro atoms. The number of nitrogens with one attached hydrogen (secondary N) is 1. The van der Waals surface area contributed by atoms with Crippen molar-refractivity contribution >= 4 is 5.91 Å². The highest BCUT2D eigenvalue weighted by atomic mass is 19.3. The molecule has 1 N–H and O–H groups in total. The number of nitriles is 1. The van der Waals surface area contributed by atoms with E-state index in [9.17, 15) is 13.6 Å². The minimum Gasteiger partial charge on any atom is -0.435 e. The molecule has 23 heavy (non-hydrogen) atoms. The van der Waals surface area contributed by atoms with Crippen molar-refractivity contribution in [3.63, 3.8) is 0 Å². The lowest BCUT2D eigenvalue weighted by Gasteiger charge is -2.15. The second-order valence-corrected chi connectivity index (χ2v) is 4.84. The van der Waals surface area contributed by atoms with Crippen molar-refractivity contribution in [2.24, 2.45) is 0 Å². The number of carbonyl (C=O) groups excluding carboxylic acids is 1. The van der Waals surface area contributed by atoms with E-state index in [1.165, 1.54) is 18.2 Å². The maximum absolute atomic E-state index is 12.2. The highest BCUT2D eigenvalue weighted by Crippen LogP contribution is 2.19. The summed E-state index contributed by atoms with van der Waals surface area (Å²) in [6, 6.07) is 14.1. The zero-order valence-electron chi connectivity index (χ0n) is 12.3. The van der Waals surface area contributed by atoms with Crippen LogP contribution in [0.1, 0.15) is 34.5 Å². The van der Waals surface area contributed by atoms with Crippen LogP contribution < -0.4 is 10.1 Å². The highest BCUT2D eigenvalue weighted by molar-refractivity contribution is 5.94. The summed E-state index contributed by atoms with van der Waals surface area (Å²) in [6.07, 6.45) is 0. The summed E-state index contributed by atoms with van der Waals surface area (Å²) < 4.78 is 28.5. The molecule has 1 atom stereocenters. The van der Waals surface area contributed by atoms with E-state index in [1.54, 1.807) is 37.3 Å². The van der Waals surface area contributed by atoms with Gasteiger partial charge >= 0.3 is 6.61 Å². The molecule has 0 saturated carbocycles. The number of amides is 1. The highest BCUT2D eigenvalue weighted by Gasteiger charge is 2.12. The van der Waals surface area contributed by atoms with E-state index in [2.05, 4.69) is 10.1 Å². The Balaban J connectivity index is 2.04. The van der Waals surface area contributed by atoms with Crippen LogP contribution in [0.3, 0.4) is 0 Å². The number of hydrogen-bond acceptors (Lipinski definition) is 3. The minimum absolute atomic E-state index is 0.0593. The van der Waals surface area contributed by atoms with Crippen molar-refractivity contribution in [1.82, 2.24) is 5.32 Å². The van der Waals surface area contributed by atoms with Gasteiger partial charge in [-0.05, 0) is 42.8 Å². The molecule has 2 aromatic rings. The molecule has 0 unspecified atom stereocenters. The van der Waals surface area contributed by atoms with Crippen molar-refractivity contribution in [3.05, 3.63) is 65.2 Å². The van der Waals surface area contributed by atoms with Crippen LogP contribution in [0.4, 0.5) is 8.78 Å². The van der Waals surface area contributed by atoms with Gasteiger partial charge in [-0.15, -0.1) is 0 Å². The van der Waals surface area contributed by atoms with Crippen molar-refractivity contribution in [1.29, 1.82) is 5.26 Å². The van der Waals surface area contributed by atoms with Crippen LogP contribution in [0, 0.1) is 11.3 Å². The Kier molecular flexibility index (Phi) is 5.26. The first kappa shape index (κ1) is 16.4. The average molecular weight is 316 g/mol. The fraction of sp³-hybridized carbons (Fsp3) is 0.176. The summed E-state index contributed by atoms with van der Waals surface area (Å²) in [6.45, 7) is -1.10. The maximum atomic E-state index is 12.2. The molecule has 6 heteroatoms. The number of benzene rings is 2. The fourth-order valence-corrected chi connectivity index (χ4v) is 2.03. The molecule has 0 saturated heterocycles. The molecule has 2 aromatic carbocycles. The molecule has 0 bridgehead atoms. The number of halogens is 2. The van der Waals surface area contributed by atoms with E-state index < -0.39 is 6.61 Å². The predicted octanol–water partition coefficient (Wildman–Crippen LogP) is 3.65. The third-order valence-corrected chi connectivity index (χ3v) is 3.21. The number of alkyl halides is 2. The van der Waals surface area contributed by atoms with Gasteiger partial charge in [-0.25, -0.2) is 0 Å². The smallest absolute Gasteiger partial charge is 0.387 e. The molecule has 2 rings (SSSR count). The van der Waals surface area contributed by atoms with Gasteiger partial charge in [0, 0.05) is 5.56 Å². The van der Waals surface area contributed by atoms with Crippen molar-refractivity contribution in [2.45, 2.75) is 19.6 Å². The summed E-state index contributed by atoms with van der Waals surface area (Å²) in [7, 11) is 0. The van der Waals surface area contributed by atoms with E-state index >= 15 is 0 Å². The van der Waals surface area contributed by atoms with E-state index in [0.717, 1.165) is 5.56 Å². The first-order valence-corrected chi connectivity index (χ1v) is 6.85. The summed E-state index contributed by atoms with van der Waals surface area (Å²) in [5.74, 6) is -0.258. The van der Waals surface area contributed by atoms with Crippen LogP contribution in [0.15, 0.2) is 48.5 Å². The molecule has 0 aliphatic heterocycles. The van der Waals surface area contributed by atoms with Crippen LogP contribution in [-0.4, -0.2) is 12.5 Å². The monoisotopic (exact) mass is 316 g/mol. The Labute approximate surface area is 132 Å². The topological polar surface area (TPSA) is 62.1 Å². The molecule has 0 fully saturated rings. The number of carbonyl (C=O) groups is 1. The predicted molar refractivity (Wildman–Crippen MR) is 80.1 cm³/mol. The van der Waals surface area contributed by atoms with Gasteiger partial charge in [-0.2, -0.15) is 14.0 Å². The molecule has 4 nitrogen and oxygen atoms in total. The number of ether oxygens (including phenoxy) is 1. The Morgan fingerprint density at radius 2 is 1.91 bits per heavy atom. The summed E-state index contributed by atoms with van der Waals surface area (Å²) >= 11 is 0. The zero-order chi connectivity index (χ0) is 16.8. The fourth-order valence-electron chi connectivity index (χ4n) is 2.03. The molecule has 118 valence electrons. The first-order valence-electron chi connectivity index (χ1n) is 6.85. The van der Waals surface area contributed by atoms with Crippen LogP contribution in [0.25, 0.3) is 0 Å².